The number of benzene rings is 2. The van der Waals surface area contributed by atoms with Crippen LogP contribution in [-0.2, 0) is 9.84 Å². The Morgan fingerprint density at radius 1 is 1.14 bits per heavy atom. The van der Waals surface area contributed by atoms with Crippen molar-refractivity contribution in [2.24, 2.45) is 5.92 Å². The quantitative estimate of drug-likeness (QED) is 0.874. The number of rotatable bonds is 3. The molecule has 2 aromatic carbocycles. The Morgan fingerprint density at radius 2 is 1.82 bits per heavy atom. The molecule has 2 aromatic rings. The Labute approximate surface area is 128 Å². The van der Waals surface area contributed by atoms with Crippen LogP contribution >= 0.6 is 0 Å². The van der Waals surface area contributed by atoms with Crippen LogP contribution in [0.3, 0.4) is 0 Å². The standard InChI is InChI=1S/C17H14FNO2S/c1-11-5-7-14(8-6-11)22(20,21)17-15(10-19)16(17)12-3-2-4-13(18)9-12/h2-9,15-17H,1H3/t15-,16+,17-/m1/s1. The summed E-state index contributed by atoms with van der Waals surface area (Å²) in [6, 6.07) is 14.4. The fourth-order valence-corrected chi connectivity index (χ4v) is 4.89. The molecular formula is C17H14FNO2S. The van der Waals surface area contributed by atoms with Crippen LogP contribution in [0.25, 0.3) is 0 Å². The summed E-state index contributed by atoms with van der Waals surface area (Å²) in [4.78, 5) is 0.210. The lowest BCUT2D eigenvalue weighted by Gasteiger charge is -2.04. The monoisotopic (exact) mass is 315 g/mol. The van der Waals surface area contributed by atoms with Gasteiger partial charge < -0.3 is 0 Å². The Balaban J connectivity index is 1.98. The van der Waals surface area contributed by atoms with Gasteiger partial charge >= 0.3 is 0 Å². The average Bonchev–Trinajstić information content (AvgIpc) is 3.23. The van der Waals surface area contributed by atoms with Crippen molar-refractivity contribution in [3.05, 3.63) is 65.5 Å². The maximum atomic E-state index is 13.3. The lowest BCUT2D eigenvalue weighted by molar-refractivity contribution is 0.593. The van der Waals surface area contributed by atoms with E-state index in [1.807, 2.05) is 13.0 Å². The summed E-state index contributed by atoms with van der Waals surface area (Å²) in [7, 11) is -3.60. The van der Waals surface area contributed by atoms with E-state index in [1.165, 1.54) is 18.2 Å². The molecule has 3 nitrogen and oxygen atoms in total. The summed E-state index contributed by atoms with van der Waals surface area (Å²) in [5, 5.41) is 8.42. The second-order valence-corrected chi connectivity index (χ2v) is 7.66. The molecule has 112 valence electrons. The molecular weight excluding hydrogens is 301 g/mol. The minimum Gasteiger partial charge on any atom is -0.223 e. The van der Waals surface area contributed by atoms with E-state index in [2.05, 4.69) is 0 Å². The van der Waals surface area contributed by atoms with Gasteiger partial charge in [-0.3, -0.25) is 0 Å². The first-order valence-electron chi connectivity index (χ1n) is 6.91. The number of hydrogen-bond donors (Lipinski definition) is 0. The highest BCUT2D eigenvalue weighted by atomic mass is 32.2. The number of halogens is 1. The zero-order chi connectivity index (χ0) is 15.9. The molecule has 1 aliphatic carbocycles. The van der Waals surface area contributed by atoms with E-state index in [0.29, 0.717) is 5.56 Å². The van der Waals surface area contributed by atoms with Crippen molar-refractivity contribution in [2.45, 2.75) is 23.0 Å². The molecule has 0 bridgehead atoms. The summed E-state index contributed by atoms with van der Waals surface area (Å²) in [6.45, 7) is 1.88. The van der Waals surface area contributed by atoms with Crippen LogP contribution in [0.4, 0.5) is 4.39 Å². The molecule has 0 N–H and O–H groups in total. The van der Waals surface area contributed by atoms with E-state index < -0.39 is 32.7 Å². The second-order valence-electron chi connectivity index (χ2n) is 5.56. The zero-order valence-corrected chi connectivity index (χ0v) is 12.7. The zero-order valence-electron chi connectivity index (χ0n) is 11.9. The second kappa shape index (κ2) is 5.22. The van der Waals surface area contributed by atoms with Crippen LogP contribution in [0.1, 0.15) is 17.0 Å². The van der Waals surface area contributed by atoms with Crippen LogP contribution in [0.5, 0.6) is 0 Å². The molecule has 22 heavy (non-hydrogen) atoms. The Morgan fingerprint density at radius 3 is 2.41 bits per heavy atom. The van der Waals surface area contributed by atoms with Crippen molar-refractivity contribution in [2.75, 3.05) is 0 Å². The molecule has 0 aliphatic heterocycles. The van der Waals surface area contributed by atoms with Gasteiger partial charge in [-0.25, -0.2) is 12.8 Å². The smallest absolute Gasteiger partial charge is 0.183 e. The molecule has 0 aromatic heterocycles. The van der Waals surface area contributed by atoms with Crippen LogP contribution in [0.15, 0.2) is 53.4 Å². The van der Waals surface area contributed by atoms with Gasteiger partial charge in [-0.2, -0.15) is 5.26 Å². The topological polar surface area (TPSA) is 57.9 Å². The van der Waals surface area contributed by atoms with E-state index in [-0.39, 0.29) is 4.90 Å². The van der Waals surface area contributed by atoms with Crippen molar-refractivity contribution < 1.29 is 12.8 Å². The molecule has 0 amide bonds. The predicted molar refractivity (Wildman–Crippen MR) is 80.4 cm³/mol. The van der Waals surface area contributed by atoms with Gasteiger partial charge in [0.05, 0.1) is 22.1 Å². The van der Waals surface area contributed by atoms with Gasteiger partial charge in [-0.1, -0.05) is 29.8 Å². The average molecular weight is 315 g/mol. The van der Waals surface area contributed by atoms with Gasteiger partial charge in [0.15, 0.2) is 9.84 Å². The van der Waals surface area contributed by atoms with E-state index in [1.54, 1.807) is 30.3 Å². The first kappa shape index (κ1) is 14.7. The van der Waals surface area contributed by atoms with Crippen molar-refractivity contribution in [1.29, 1.82) is 5.26 Å². The first-order valence-corrected chi connectivity index (χ1v) is 8.45. The van der Waals surface area contributed by atoms with Crippen molar-refractivity contribution in [3.63, 3.8) is 0 Å². The van der Waals surface area contributed by atoms with Crippen LogP contribution in [0.2, 0.25) is 0 Å². The fraction of sp³-hybridized carbons (Fsp3) is 0.235. The Hall–Kier alpha value is -2.19. The molecule has 1 saturated carbocycles. The number of hydrogen-bond acceptors (Lipinski definition) is 3. The molecule has 3 rings (SSSR count). The van der Waals surface area contributed by atoms with Crippen LogP contribution in [0, 0.1) is 30.0 Å². The molecule has 0 spiro atoms. The first-order chi connectivity index (χ1) is 10.4. The normalized spacial score (nSPS) is 23.8. The number of nitrogens with zero attached hydrogens (tertiary/aromatic N) is 1. The highest BCUT2D eigenvalue weighted by Gasteiger charge is 2.59. The maximum Gasteiger partial charge on any atom is 0.183 e. The van der Waals surface area contributed by atoms with Crippen molar-refractivity contribution in [3.8, 4) is 6.07 Å². The molecule has 5 heteroatoms. The highest BCUT2D eigenvalue weighted by Crippen LogP contribution is 2.53. The molecule has 1 fully saturated rings. The number of nitriles is 1. The van der Waals surface area contributed by atoms with E-state index in [4.69, 9.17) is 0 Å². The Kier molecular flexibility index (Phi) is 3.50. The maximum absolute atomic E-state index is 13.3. The van der Waals surface area contributed by atoms with Gasteiger partial charge in [-0.05, 0) is 36.8 Å². The molecule has 0 unspecified atom stereocenters. The SMILES string of the molecule is Cc1ccc(S(=O)(=O)[C@@H]2[C@H](C#N)[C@@H]2c2cccc(F)c2)cc1. The fourth-order valence-electron chi connectivity index (χ4n) is 2.82. The third-order valence-corrected chi connectivity index (χ3v) is 6.28. The molecule has 0 heterocycles. The van der Waals surface area contributed by atoms with Crippen LogP contribution < -0.4 is 0 Å². The van der Waals surface area contributed by atoms with Gasteiger partial charge in [0.1, 0.15) is 5.82 Å². The largest absolute Gasteiger partial charge is 0.223 e. The van der Waals surface area contributed by atoms with Gasteiger partial charge in [0, 0.05) is 5.92 Å². The third kappa shape index (κ3) is 2.40. The Bertz CT molecular complexity index is 853. The van der Waals surface area contributed by atoms with Crippen molar-refractivity contribution >= 4 is 9.84 Å². The molecule has 0 saturated heterocycles. The van der Waals surface area contributed by atoms with E-state index >= 15 is 0 Å². The number of aryl methyl sites for hydroxylation is 1. The summed E-state index contributed by atoms with van der Waals surface area (Å²) in [6.07, 6.45) is 0. The molecule has 0 radical (unpaired) electrons. The van der Waals surface area contributed by atoms with Gasteiger partial charge in [0.2, 0.25) is 0 Å². The lowest BCUT2D eigenvalue weighted by atomic mass is 10.1. The highest BCUT2D eigenvalue weighted by molar-refractivity contribution is 7.92. The summed E-state index contributed by atoms with van der Waals surface area (Å²) in [5.74, 6) is -1.52. The molecule has 3 atom stereocenters. The van der Waals surface area contributed by atoms with E-state index in [9.17, 15) is 18.1 Å². The summed E-state index contributed by atoms with van der Waals surface area (Å²) < 4.78 is 38.7. The predicted octanol–water partition coefficient (Wildman–Crippen LogP) is 3.21. The third-order valence-electron chi connectivity index (χ3n) is 4.04. The summed E-state index contributed by atoms with van der Waals surface area (Å²) in [5.41, 5.74) is 1.53. The minimum absolute atomic E-state index is 0.210. The van der Waals surface area contributed by atoms with E-state index in [0.717, 1.165) is 5.56 Å². The van der Waals surface area contributed by atoms with Gasteiger partial charge in [0.25, 0.3) is 0 Å². The number of sulfone groups is 1. The minimum atomic E-state index is -3.60. The summed E-state index contributed by atoms with van der Waals surface area (Å²) >= 11 is 0. The van der Waals surface area contributed by atoms with Crippen molar-refractivity contribution in [1.82, 2.24) is 0 Å². The lowest BCUT2D eigenvalue weighted by Crippen LogP contribution is -2.10. The molecule has 1 aliphatic rings. The van der Waals surface area contributed by atoms with Crippen LogP contribution in [-0.4, -0.2) is 13.7 Å². The van der Waals surface area contributed by atoms with Gasteiger partial charge in [-0.15, -0.1) is 0 Å².